The molecule has 16 heavy (non-hydrogen) atoms. The van der Waals surface area contributed by atoms with Crippen molar-refractivity contribution in [1.29, 1.82) is 0 Å². The largest absolute Gasteiger partial charge is 0.305 e. The van der Waals surface area contributed by atoms with Gasteiger partial charge in [-0.15, -0.1) is 11.3 Å². The summed E-state index contributed by atoms with van der Waals surface area (Å²) in [6, 6.07) is 8.23. The van der Waals surface area contributed by atoms with Gasteiger partial charge in [0, 0.05) is 28.7 Å². The molecular formula is C12H13ClN2S. The van der Waals surface area contributed by atoms with Gasteiger partial charge in [-0.3, -0.25) is 4.98 Å². The topological polar surface area (TPSA) is 24.9 Å². The van der Waals surface area contributed by atoms with Crippen LogP contribution in [0, 0.1) is 0 Å². The number of aromatic nitrogens is 1. The first kappa shape index (κ1) is 11.6. The molecule has 0 aliphatic rings. The second kappa shape index (κ2) is 5.43. The Kier molecular flexibility index (Phi) is 3.93. The zero-order valence-electron chi connectivity index (χ0n) is 8.98. The van der Waals surface area contributed by atoms with E-state index in [4.69, 9.17) is 11.6 Å². The van der Waals surface area contributed by atoms with Crippen LogP contribution in [0.25, 0.3) is 0 Å². The van der Waals surface area contributed by atoms with Crippen molar-refractivity contribution in [3.63, 3.8) is 0 Å². The molecule has 2 rings (SSSR count). The summed E-state index contributed by atoms with van der Waals surface area (Å²) in [5, 5.41) is 4.22. The molecule has 1 aromatic carbocycles. The highest BCUT2D eigenvalue weighted by Crippen LogP contribution is 2.18. The van der Waals surface area contributed by atoms with E-state index >= 15 is 0 Å². The molecule has 0 amide bonds. The van der Waals surface area contributed by atoms with E-state index < -0.39 is 0 Å². The maximum Gasteiger partial charge on any atom is 0.0794 e. The molecule has 0 aliphatic heterocycles. The predicted octanol–water partition coefficient (Wildman–Crippen LogP) is 3.65. The quantitative estimate of drug-likeness (QED) is 0.899. The van der Waals surface area contributed by atoms with Gasteiger partial charge in [-0.05, 0) is 24.6 Å². The fourth-order valence-corrected chi connectivity index (χ4v) is 2.22. The molecule has 0 saturated heterocycles. The van der Waals surface area contributed by atoms with E-state index in [2.05, 4.69) is 23.3 Å². The molecular weight excluding hydrogens is 240 g/mol. The Balaban J connectivity index is 1.95. The van der Waals surface area contributed by atoms with E-state index in [0.29, 0.717) is 6.04 Å². The highest BCUT2D eigenvalue weighted by Gasteiger charge is 2.05. The number of nitrogens with one attached hydrogen (secondary N) is 1. The fraction of sp³-hybridized carbons (Fsp3) is 0.250. The molecule has 0 fully saturated rings. The number of halogens is 1. The van der Waals surface area contributed by atoms with Crippen molar-refractivity contribution in [2.24, 2.45) is 0 Å². The number of hydrogen-bond acceptors (Lipinski definition) is 3. The van der Waals surface area contributed by atoms with E-state index in [1.54, 1.807) is 11.3 Å². The predicted molar refractivity (Wildman–Crippen MR) is 68.8 cm³/mol. The Labute approximate surface area is 104 Å². The zero-order chi connectivity index (χ0) is 11.4. The lowest BCUT2D eigenvalue weighted by molar-refractivity contribution is 0.578. The number of hydrogen-bond donors (Lipinski definition) is 1. The molecule has 0 bridgehead atoms. The van der Waals surface area contributed by atoms with Gasteiger partial charge in [0.05, 0.1) is 5.51 Å². The van der Waals surface area contributed by atoms with Crippen LogP contribution in [0.3, 0.4) is 0 Å². The van der Waals surface area contributed by atoms with Crippen molar-refractivity contribution in [3.8, 4) is 0 Å². The molecule has 2 nitrogen and oxygen atoms in total. The van der Waals surface area contributed by atoms with Crippen LogP contribution in [0.5, 0.6) is 0 Å². The summed E-state index contributed by atoms with van der Waals surface area (Å²) >= 11 is 7.62. The second-order valence-electron chi connectivity index (χ2n) is 3.63. The Hall–Kier alpha value is -0.900. The van der Waals surface area contributed by atoms with Crippen LogP contribution < -0.4 is 5.32 Å². The van der Waals surface area contributed by atoms with Crippen molar-refractivity contribution in [1.82, 2.24) is 10.3 Å². The second-order valence-corrected chi connectivity index (χ2v) is 5.03. The van der Waals surface area contributed by atoms with Crippen molar-refractivity contribution in [2.75, 3.05) is 0 Å². The van der Waals surface area contributed by atoms with Crippen molar-refractivity contribution >= 4 is 22.9 Å². The molecule has 0 unspecified atom stereocenters. The van der Waals surface area contributed by atoms with Gasteiger partial charge in [0.2, 0.25) is 0 Å². The Morgan fingerprint density at radius 2 is 2.38 bits per heavy atom. The first-order valence-corrected chi connectivity index (χ1v) is 6.37. The van der Waals surface area contributed by atoms with Gasteiger partial charge in [0.15, 0.2) is 0 Å². The summed E-state index contributed by atoms with van der Waals surface area (Å²) in [6.45, 7) is 2.98. The van der Waals surface area contributed by atoms with Crippen LogP contribution in [0.2, 0.25) is 5.02 Å². The van der Waals surface area contributed by atoms with Gasteiger partial charge in [0.1, 0.15) is 0 Å². The molecule has 0 radical (unpaired) electrons. The molecule has 84 valence electrons. The third-order valence-corrected chi connectivity index (χ3v) is 3.43. The van der Waals surface area contributed by atoms with Crippen LogP contribution in [0.15, 0.2) is 36.0 Å². The zero-order valence-corrected chi connectivity index (χ0v) is 10.6. The van der Waals surface area contributed by atoms with Crippen LogP contribution >= 0.6 is 22.9 Å². The lowest BCUT2D eigenvalue weighted by Crippen LogP contribution is -2.17. The van der Waals surface area contributed by atoms with Crippen molar-refractivity contribution < 1.29 is 0 Å². The summed E-state index contributed by atoms with van der Waals surface area (Å²) in [6.07, 6.45) is 1.89. The minimum Gasteiger partial charge on any atom is -0.305 e. The van der Waals surface area contributed by atoms with Crippen LogP contribution in [-0.4, -0.2) is 4.98 Å². The van der Waals surface area contributed by atoms with E-state index in [1.165, 1.54) is 10.4 Å². The van der Waals surface area contributed by atoms with Crippen LogP contribution in [0.4, 0.5) is 0 Å². The summed E-state index contributed by atoms with van der Waals surface area (Å²) in [5.41, 5.74) is 3.05. The van der Waals surface area contributed by atoms with Gasteiger partial charge < -0.3 is 5.32 Å². The molecule has 1 atom stereocenters. The Morgan fingerprint density at radius 1 is 1.50 bits per heavy atom. The third kappa shape index (κ3) is 3.04. The van der Waals surface area contributed by atoms with E-state index in [9.17, 15) is 0 Å². The van der Waals surface area contributed by atoms with Crippen molar-refractivity contribution in [2.45, 2.75) is 19.5 Å². The van der Waals surface area contributed by atoms with E-state index in [-0.39, 0.29) is 0 Å². The number of nitrogens with zero attached hydrogens (tertiary/aromatic N) is 1. The first-order valence-electron chi connectivity index (χ1n) is 5.12. The normalized spacial score (nSPS) is 12.6. The minimum atomic E-state index is 0.292. The van der Waals surface area contributed by atoms with Gasteiger partial charge in [0.25, 0.3) is 0 Å². The van der Waals surface area contributed by atoms with E-state index in [0.717, 1.165) is 11.6 Å². The SMILES string of the molecule is C[C@@H](NCc1cncs1)c1cccc(Cl)c1. The molecule has 0 spiro atoms. The maximum absolute atomic E-state index is 5.95. The Bertz CT molecular complexity index is 442. The average molecular weight is 253 g/mol. The highest BCUT2D eigenvalue weighted by molar-refractivity contribution is 7.09. The molecule has 2 aromatic rings. The van der Waals surface area contributed by atoms with E-state index in [1.807, 2.05) is 29.9 Å². The van der Waals surface area contributed by atoms with Crippen molar-refractivity contribution in [3.05, 3.63) is 51.4 Å². The fourth-order valence-electron chi connectivity index (χ4n) is 1.48. The first-order chi connectivity index (χ1) is 7.75. The molecule has 1 aromatic heterocycles. The summed E-state index contributed by atoms with van der Waals surface area (Å²) in [4.78, 5) is 5.29. The molecule has 4 heteroatoms. The summed E-state index contributed by atoms with van der Waals surface area (Å²) in [7, 11) is 0. The number of thiazole rings is 1. The van der Waals surface area contributed by atoms with Gasteiger partial charge in [-0.1, -0.05) is 23.7 Å². The lowest BCUT2D eigenvalue weighted by Gasteiger charge is -2.13. The third-order valence-electron chi connectivity index (χ3n) is 2.41. The smallest absolute Gasteiger partial charge is 0.0794 e. The number of benzene rings is 1. The maximum atomic E-state index is 5.95. The highest BCUT2D eigenvalue weighted by atomic mass is 35.5. The molecule has 0 saturated carbocycles. The van der Waals surface area contributed by atoms with Gasteiger partial charge in [-0.25, -0.2) is 0 Å². The lowest BCUT2D eigenvalue weighted by atomic mass is 10.1. The van der Waals surface area contributed by atoms with Crippen LogP contribution in [-0.2, 0) is 6.54 Å². The Morgan fingerprint density at radius 3 is 3.06 bits per heavy atom. The molecule has 1 heterocycles. The molecule has 0 aliphatic carbocycles. The monoisotopic (exact) mass is 252 g/mol. The number of rotatable bonds is 4. The molecule has 1 N–H and O–H groups in total. The minimum absolute atomic E-state index is 0.292. The average Bonchev–Trinajstić information content (AvgIpc) is 2.78. The van der Waals surface area contributed by atoms with Gasteiger partial charge >= 0.3 is 0 Å². The van der Waals surface area contributed by atoms with Gasteiger partial charge in [-0.2, -0.15) is 0 Å². The standard InChI is InChI=1S/C12H13ClN2S/c1-9(10-3-2-4-11(13)5-10)15-7-12-6-14-8-16-12/h2-6,8-9,15H,7H2,1H3/t9-/m1/s1. The van der Waals surface area contributed by atoms with Crippen LogP contribution in [0.1, 0.15) is 23.4 Å². The summed E-state index contributed by atoms with van der Waals surface area (Å²) in [5.74, 6) is 0. The summed E-state index contributed by atoms with van der Waals surface area (Å²) < 4.78 is 0.